The zero-order valence-corrected chi connectivity index (χ0v) is 12.0. The van der Waals surface area contributed by atoms with Gasteiger partial charge in [0.1, 0.15) is 18.2 Å². The molecule has 2 aromatic carbocycles. The van der Waals surface area contributed by atoms with Crippen LogP contribution in [0.1, 0.15) is 5.56 Å². The molecule has 0 heterocycles. The van der Waals surface area contributed by atoms with E-state index >= 15 is 0 Å². The van der Waals surface area contributed by atoms with Crippen LogP contribution in [-0.4, -0.2) is 13.2 Å². The molecular formula is C15H15BrFNO. The van der Waals surface area contributed by atoms with Crippen LogP contribution in [0.15, 0.2) is 53.0 Å². The van der Waals surface area contributed by atoms with Crippen LogP contribution < -0.4 is 10.1 Å². The zero-order chi connectivity index (χ0) is 13.5. The van der Waals surface area contributed by atoms with Crippen LogP contribution in [0.5, 0.6) is 5.75 Å². The van der Waals surface area contributed by atoms with Crippen molar-refractivity contribution in [3.05, 3.63) is 64.4 Å². The van der Waals surface area contributed by atoms with Crippen molar-refractivity contribution in [1.29, 1.82) is 0 Å². The summed E-state index contributed by atoms with van der Waals surface area (Å²) in [6.45, 7) is 2.04. The molecule has 0 aromatic heterocycles. The van der Waals surface area contributed by atoms with Crippen molar-refractivity contribution in [1.82, 2.24) is 5.32 Å². The highest BCUT2D eigenvalue weighted by Crippen LogP contribution is 2.16. The predicted octanol–water partition coefficient (Wildman–Crippen LogP) is 3.76. The van der Waals surface area contributed by atoms with Crippen molar-refractivity contribution in [2.75, 3.05) is 13.2 Å². The minimum absolute atomic E-state index is 0.240. The van der Waals surface area contributed by atoms with Crippen LogP contribution in [0.4, 0.5) is 4.39 Å². The number of hydrogen-bond acceptors (Lipinski definition) is 2. The molecule has 0 unspecified atom stereocenters. The summed E-state index contributed by atoms with van der Waals surface area (Å²) in [5.41, 5.74) is 1.04. The zero-order valence-electron chi connectivity index (χ0n) is 10.4. The second-order valence-electron chi connectivity index (χ2n) is 4.09. The van der Waals surface area contributed by atoms with Crippen LogP contribution in [-0.2, 0) is 6.54 Å². The first-order valence-corrected chi connectivity index (χ1v) is 6.87. The summed E-state index contributed by atoms with van der Waals surface area (Å²) in [4.78, 5) is 0. The molecule has 2 rings (SSSR count). The number of nitrogens with one attached hydrogen (secondary N) is 1. The van der Waals surface area contributed by atoms with Crippen molar-refractivity contribution in [2.24, 2.45) is 0 Å². The Hall–Kier alpha value is -1.39. The first kappa shape index (κ1) is 14.0. The third-order valence-corrected chi connectivity index (χ3v) is 3.21. The van der Waals surface area contributed by atoms with E-state index in [4.69, 9.17) is 4.74 Å². The summed E-state index contributed by atoms with van der Waals surface area (Å²) in [6.07, 6.45) is 0. The molecule has 0 aliphatic rings. The summed E-state index contributed by atoms with van der Waals surface area (Å²) >= 11 is 3.17. The fourth-order valence-electron chi connectivity index (χ4n) is 1.64. The Morgan fingerprint density at radius 1 is 1.11 bits per heavy atom. The minimum atomic E-state index is -0.240. The van der Waals surface area contributed by atoms with E-state index < -0.39 is 0 Å². The Labute approximate surface area is 120 Å². The van der Waals surface area contributed by atoms with Crippen LogP contribution in [0, 0.1) is 5.82 Å². The summed E-state index contributed by atoms with van der Waals surface area (Å²) in [5, 5.41) is 3.25. The summed E-state index contributed by atoms with van der Waals surface area (Å²) in [6, 6.07) is 14.7. The monoisotopic (exact) mass is 323 g/mol. The van der Waals surface area contributed by atoms with Crippen LogP contribution in [0.3, 0.4) is 0 Å². The van der Waals surface area contributed by atoms with Crippen molar-refractivity contribution < 1.29 is 9.13 Å². The average molecular weight is 324 g/mol. The molecular weight excluding hydrogens is 309 g/mol. The lowest BCUT2D eigenvalue weighted by atomic mass is 10.2. The predicted molar refractivity (Wildman–Crippen MR) is 77.7 cm³/mol. The molecule has 0 saturated heterocycles. The van der Waals surface area contributed by atoms with Gasteiger partial charge in [-0.3, -0.25) is 0 Å². The summed E-state index contributed by atoms with van der Waals surface area (Å²) in [5.74, 6) is 0.630. The molecule has 0 radical (unpaired) electrons. The Morgan fingerprint density at radius 3 is 2.63 bits per heavy atom. The quantitative estimate of drug-likeness (QED) is 0.817. The lowest BCUT2D eigenvalue weighted by Gasteiger charge is -2.08. The Balaban J connectivity index is 1.68. The van der Waals surface area contributed by atoms with E-state index in [1.807, 2.05) is 30.3 Å². The second-order valence-corrected chi connectivity index (χ2v) is 4.94. The molecule has 100 valence electrons. The van der Waals surface area contributed by atoms with Crippen molar-refractivity contribution in [3.63, 3.8) is 0 Å². The Bertz CT molecular complexity index is 519. The summed E-state index contributed by atoms with van der Waals surface area (Å²) in [7, 11) is 0. The molecule has 0 spiro atoms. The fraction of sp³-hybridized carbons (Fsp3) is 0.200. The number of para-hydroxylation sites is 1. The second kappa shape index (κ2) is 7.26. The van der Waals surface area contributed by atoms with E-state index in [2.05, 4.69) is 21.2 Å². The van der Waals surface area contributed by atoms with E-state index in [-0.39, 0.29) is 5.82 Å². The average Bonchev–Trinajstić information content (AvgIpc) is 2.43. The first-order valence-electron chi connectivity index (χ1n) is 6.08. The SMILES string of the molecule is Fc1ccc(CNCCOc2ccccc2)cc1Br. The largest absolute Gasteiger partial charge is 0.492 e. The van der Waals surface area contributed by atoms with Crippen molar-refractivity contribution in [3.8, 4) is 5.75 Å². The molecule has 0 aliphatic carbocycles. The highest BCUT2D eigenvalue weighted by Gasteiger charge is 2.00. The van der Waals surface area contributed by atoms with E-state index in [1.54, 1.807) is 12.1 Å². The van der Waals surface area contributed by atoms with Crippen LogP contribution in [0.25, 0.3) is 0 Å². The van der Waals surface area contributed by atoms with Gasteiger partial charge >= 0.3 is 0 Å². The molecule has 2 nitrogen and oxygen atoms in total. The van der Waals surface area contributed by atoms with Gasteiger partial charge in [0.05, 0.1) is 4.47 Å². The lowest BCUT2D eigenvalue weighted by Crippen LogP contribution is -2.20. The lowest BCUT2D eigenvalue weighted by molar-refractivity contribution is 0.313. The molecule has 19 heavy (non-hydrogen) atoms. The van der Waals surface area contributed by atoms with E-state index in [0.29, 0.717) is 17.6 Å². The highest BCUT2D eigenvalue weighted by molar-refractivity contribution is 9.10. The molecule has 0 amide bonds. The molecule has 0 saturated carbocycles. The number of halogens is 2. The standard InChI is InChI=1S/C15H15BrFNO/c16-14-10-12(6-7-15(14)17)11-18-8-9-19-13-4-2-1-3-5-13/h1-7,10,18H,8-9,11H2. The molecule has 0 aliphatic heterocycles. The number of ether oxygens (including phenoxy) is 1. The summed E-state index contributed by atoms with van der Waals surface area (Å²) < 4.78 is 19.1. The van der Waals surface area contributed by atoms with Gasteiger partial charge in [0.25, 0.3) is 0 Å². The molecule has 0 fully saturated rings. The molecule has 1 N–H and O–H groups in total. The van der Waals surface area contributed by atoms with Gasteiger partial charge in [0.2, 0.25) is 0 Å². The van der Waals surface area contributed by atoms with Crippen molar-refractivity contribution in [2.45, 2.75) is 6.54 Å². The van der Waals surface area contributed by atoms with Gasteiger partial charge in [0.15, 0.2) is 0 Å². The molecule has 0 atom stereocenters. The Kier molecular flexibility index (Phi) is 5.36. The van der Waals surface area contributed by atoms with Crippen molar-refractivity contribution >= 4 is 15.9 Å². The fourth-order valence-corrected chi connectivity index (χ4v) is 2.07. The van der Waals surface area contributed by atoms with Gasteiger partial charge in [-0.15, -0.1) is 0 Å². The van der Waals surface area contributed by atoms with Crippen LogP contribution >= 0.6 is 15.9 Å². The number of rotatable bonds is 6. The first-order chi connectivity index (χ1) is 9.25. The number of benzene rings is 2. The molecule has 4 heteroatoms. The highest BCUT2D eigenvalue weighted by atomic mass is 79.9. The molecule has 0 bridgehead atoms. The topological polar surface area (TPSA) is 21.3 Å². The maximum Gasteiger partial charge on any atom is 0.137 e. The van der Waals surface area contributed by atoms with E-state index in [9.17, 15) is 4.39 Å². The van der Waals surface area contributed by atoms with E-state index in [0.717, 1.165) is 17.9 Å². The van der Waals surface area contributed by atoms with Gasteiger partial charge in [-0.2, -0.15) is 0 Å². The van der Waals surface area contributed by atoms with Crippen LogP contribution in [0.2, 0.25) is 0 Å². The van der Waals surface area contributed by atoms with Gasteiger partial charge in [-0.05, 0) is 45.8 Å². The van der Waals surface area contributed by atoms with Gasteiger partial charge in [-0.25, -0.2) is 4.39 Å². The van der Waals surface area contributed by atoms with Gasteiger partial charge in [-0.1, -0.05) is 24.3 Å². The maximum atomic E-state index is 13.0. The minimum Gasteiger partial charge on any atom is -0.492 e. The normalized spacial score (nSPS) is 10.4. The molecule has 2 aromatic rings. The van der Waals surface area contributed by atoms with Gasteiger partial charge < -0.3 is 10.1 Å². The maximum absolute atomic E-state index is 13.0. The Morgan fingerprint density at radius 2 is 1.89 bits per heavy atom. The van der Waals surface area contributed by atoms with E-state index in [1.165, 1.54) is 6.07 Å². The third kappa shape index (κ3) is 4.65. The smallest absolute Gasteiger partial charge is 0.137 e. The van der Waals surface area contributed by atoms with Gasteiger partial charge in [0, 0.05) is 13.1 Å². The third-order valence-electron chi connectivity index (χ3n) is 2.60. The number of hydrogen-bond donors (Lipinski definition) is 1.